The van der Waals surface area contributed by atoms with Crippen LogP contribution in [0.25, 0.3) is 16.6 Å². The first kappa shape index (κ1) is 19.3. The number of ether oxygens (including phenoxy) is 1. The molecular weight excluding hydrogens is 380 g/mol. The highest BCUT2D eigenvalue weighted by atomic mass is 16.5. The molecule has 0 radical (unpaired) electrons. The molecule has 2 aromatic heterocycles. The molecule has 0 atom stereocenters. The van der Waals surface area contributed by atoms with E-state index in [1.165, 1.54) is 0 Å². The van der Waals surface area contributed by atoms with Crippen LogP contribution in [-0.2, 0) is 4.74 Å². The molecule has 0 fully saturated rings. The number of nitrogens with zero attached hydrogens (tertiary/aromatic N) is 3. The van der Waals surface area contributed by atoms with Gasteiger partial charge >= 0.3 is 5.97 Å². The van der Waals surface area contributed by atoms with Crippen LogP contribution in [0.5, 0.6) is 0 Å². The zero-order valence-electron chi connectivity index (χ0n) is 16.6. The van der Waals surface area contributed by atoms with Gasteiger partial charge in [0.05, 0.1) is 23.4 Å². The molecule has 0 aliphatic rings. The maximum Gasteiger partial charge on any atom is 0.358 e. The Labute approximate surface area is 173 Å². The van der Waals surface area contributed by atoms with Gasteiger partial charge in [-0.3, -0.25) is 9.78 Å². The SMILES string of the molecule is CCOC(=O)c1ccn(-c2cccc(NC(=O)c3cc(C)nc4ccccc34)c2)n1. The number of carbonyl (C=O) groups is 2. The third-order valence-corrected chi connectivity index (χ3v) is 4.53. The Balaban J connectivity index is 1.60. The number of aromatic nitrogens is 3. The topological polar surface area (TPSA) is 86.1 Å². The van der Waals surface area contributed by atoms with E-state index in [1.807, 2.05) is 43.3 Å². The van der Waals surface area contributed by atoms with Crippen molar-refractivity contribution in [2.75, 3.05) is 11.9 Å². The maximum atomic E-state index is 13.0. The van der Waals surface area contributed by atoms with Crippen molar-refractivity contribution in [3.05, 3.63) is 83.8 Å². The zero-order valence-corrected chi connectivity index (χ0v) is 16.6. The molecule has 0 saturated heterocycles. The van der Waals surface area contributed by atoms with Crippen molar-refractivity contribution in [3.63, 3.8) is 0 Å². The van der Waals surface area contributed by atoms with Gasteiger partial charge in [0.15, 0.2) is 5.69 Å². The van der Waals surface area contributed by atoms with E-state index in [-0.39, 0.29) is 18.2 Å². The van der Waals surface area contributed by atoms with Crippen LogP contribution < -0.4 is 5.32 Å². The minimum Gasteiger partial charge on any atom is -0.461 e. The Morgan fingerprint density at radius 1 is 1.07 bits per heavy atom. The Bertz CT molecular complexity index is 1250. The second-order valence-corrected chi connectivity index (χ2v) is 6.70. The van der Waals surface area contributed by atoms with Crippen molar-refractivity contribution in [1.29, 1.82) is 0 Å². The number of pyridine rings is 1. The molecule has 1 amide bonds. The van der Waals surface area contributed by atoms with E-state index in [2.05, 4.69) is 15.4 Å². The highest BCUT2D eigenvalue weighted by Gasteiger charge is 2.14. The molecule has 0 unspecified atom stereocenters. The van der Waals surface area contributed by atoms with Crippen LogP contribution in [0.1, 0.15) is 33.5 Å². The predicted octanol–water partition coefficient (Wildman–Crippen LogP) is 4.16. The molecule has 7 heteroatoms. The molecule has 1 N–H and O–H groups in total. The van der Waals surface area contributed by atoms with Gasteiger partial charge < -0.3 is 10.1 Å². The van der Waals surface area contributed by atoms with Gasteiger partial charge in [0.1, 0.15) is 0 Å². The van der Waals surface area contributed by atoms with Crippen LogP contribution in [0, 0.1) is 6.92 Å². The monoisotopic (exact) mass is 400 g/mol. The lowest BCUT2D eigenvalue weighted by Gasteiger charge is -2.10. The molecule has 0 aliphatic carbocycles. The first-order valence-corrected chi connectivity index (χ1v) is 9.56. The van der Waals surface area contributed by atoms with Gasteiger partial charge in [0.25, 0.3) is 5.91 Å². The summed E-state index contributed by atoms with van der Waals surface area (Å²) in [6.45, 7) is 3.90. The van der Waals surface area contributed by atoms with Gasteiger partial charge in [0.2, 0.25) is 0 Å². The first-order chi connectivity index (χ1) is 14.5. The fourth-order valence-corrected chi connectivity index (χ4v) is 3.20. The van der Waals surface area contributed by atoms with Crippen LogP contribution in [-0.4, -0.2) is 33.2 Å². The Kier molecular flexibility index (Phi) is 5.26. The number of amides is 1. The summed E-state index contributed by atoms with van der Waals surface area (Å²) in [5, 5.41) is 7.98. The van der Waals surface area contributed by atoms with Gasteiger partial charge in [-0.1, -0.05) is 24.3 Å². The lowest BCUT2D eigenvalue weighted by atomic mass is 10.1. The lowest BCUT2D eigenvalue weighted by molar-refractivity contribution is 0.0519. The summed E-state index contributed by atoms with van der Waals surface area (Å²) in [5.41, 5.74) is 3.66. The van der Waals surface area contributed by atoms with Crippen molar-refractivity contribution in [2.45, 2.75) is 13.8 Å². The Morgan fingerprint density at radius 3 is 2.73 bits per heavy atom. The fourth-order valence-electron chi connectivity index (χ4n) is 3.20. The number of aryl methyl sites for hydroxylation is 1. The quantitative estimate of drug-likeness (QED) is 0.509. The average molecular weight is 400 g/mol. The van der Waals surface area contributed by atoms with E-state index >= 15 is 0 Å². The summed E-state index contributed by atoms with van der Waals surface area (Å²) in [5.74, 6) is -0.692. The summed E-state index contributed by atoms with van der Waals surface area (Å²) in [6, 6.07) is 18.2. The summed E-state index contributed by atoms with van der Waals surface area (Å²) in [7, 11) is 0. The molecule has 4 aromatic rings. The largest absolute Gasteiger partial charge is 0.461 e. The van der Waals surface area contributed by atoms with E-state index in [4.69, 9.17) is 4.74 Å². The van der Waals surface area contributed by atoms with E-state index in [0.29, 0.717) is 16.9 Å². The van der Waals surface area contributed by atoms with Crippen LogP contribution in [0.4, 0.5) is 5.69 Å². The lowest BCUT2D eigenvalue weighted by Crippen LogP contribution is -2.13. The third-order valence-electron chi connectivity index (χ3n) is 4.53. The minimum atomic E-state index is -0.472. The first-order valence-electron chi connectivity index (χ1n) is 9.56. The average Bonchev–Trinajstić information content (AvgIpc) is 3.24. The molecule has 30 heavy (non-hydrogen) atoms. The maximum absolute atomic E-state index is 13.0. The summed E-state index contributed by atoms with van der Waals surface area (Å²) in [6.07, 6.45) is 1.67. The number of rotatable bonds is 5. The van der Waals surface area contributed by atoms with Crippen LogP contribution in [0.15, 0.2) is 66.9 Å². The molecule has 7 nitrogen and oxygen atoms in total. The third kappa shape index (κ3) is 3.91. The highest BCUT2D eigenvalue weighted by Crippen LogP contribution is 2.21. The second kappa shape index (κ2) is 8.16. The normalized spacial score (nSPS) is 10.7. The van der Waals surface area contributed by atoms with E-state index < -0.39 is 5.97 Å². The minimum absolute atomic E-state index is 0.221. The molecular formula is C23H20N4O3. The molecule has 150 valence electrons. The molecule has 0 spiro atoms. The number of esters is 1. The van der Waals surface area contributed by atoms with Gasteiger partial charge in [-0.05, 0) is 50.2 Å². The zero-order chi connectivity index (χ0) is 21.1. The molecule has 4 rings (SSSR count). The summed E-state index contributed by atoms with van der Waals surface area (Å²) < 4.78 is 6.53. The van der Waals surface area contributed by atoms with Gasteiger partial charge in [-0.15, -0.1) is 0 Å². The van der Waals surface area contributed by atoms with Crippen molar-refractivity contribution >= 4 is 28.5 Å². The standard InChI is InChI=1S/C23H20N4O3/c1-3-30-23(29)21-11-12-27(26-21)17-8-6-7-16(14-17)25-22(28)19-13-15(2)24-20-10-5-4-9-18(19)20/h4-14H,3H2,1-2H3,(H,25,28). The van der Waals surface area contributed by atoms with Crippen molar-refractivity contribution in [1.82, 2.24) is 14.8 Å². The fraction of sp³-hybridized carbons (Fsp3) is 0.130. The van der Waals surface area contributed by atoms with Crippen molar-refractivity contribution in [3.8, 4) is 5.69 Å². The number of anilines is 1. The van der Waals surface area contributed by atoms with Gasteiger partial charge in [0, 0.05) is 23.0 Å². The summed E-state index contributed by atoms with van der Waals surface area (Å²) in [4.78, 5) is 29.3. The second-order valence-electron chi connectivity index (χ2n) is 6.70. The van der Waals surface area contributed by atoms with Gasteiger partial charge in [-0.25, -0.2) is 9.48 Å². The van der Waals surface area contributed by atoms with E-state index in [1.54, 1.807) is 42.1 Å². The molecule has 0 aliphatic heterocycles. The van der Waals surface area contributed by atoms with Crippen LogP contribution in [0.3, 0.4) is 0 Å². The van der Waals surface area contributed by atoms with E-state index in [9.17, 15) is 9.59 Å². The number of benzene rings is 2. The van der Waals surface area contributed by atoms with Crippen molar-refractivity contribution < 1.29 is 14.3 Å². The highest BCUT2D eigenvalue weighted by molar-refractivity contribution is 6.12. The van der Waals surface area contributed by atoms with E-state index in [0.717, 1.165) is 16.6 Å². The molecule has 2 heterocycles. The smallest absolute Gasteiger partial charge is 0.358 e. The van der Waals surface area contributed by atoms with Crippen LogP contribution in [0.2, 0.25) is 0 Å². The molecule has 0 bridgehead atoms. The number of hydrogen-bond acceptors (Lipinski definition) is 5. The number of carbonyl (C=O) groups excluding carboxylic acids is 2. The number of para-hydroxylation sites is 1. The Morgan fingerprint density at radius 2 is 1.90 bits per heavy atom. The molecule has 2 aromatic carbocycles. The van der Waals surface area contributed by atoms with Gasteiger partial charge in [-0.2, -0.15) is 5.10 Å². The van der Waals surface area contributed by atoms with Crippen LogP contribution >= 0.6 is 0 Å². The Hall–Kier alpha value is -4.00. The number of fused-ring (bicyclic) bond motifs is 1. The number of hydrogen-bond donors (Lipinski definition) is 1. The van der Waals surface area contributed by atoms with Crippen molar-refractivity contribution in [2.24, 2.45) is 0 Å². The molecule has 0 saturated carbocycles. The summed E-state index contributed by atoms with van der Waals surface area (Å²) >= 11 is 0. The number of nitrogens with one attached hydrogen (secondary N) is 1. The predicted molar refractivity (Wildman–Crippen MR) is 114 cm³/mol.